The molecule has 19 heavy (non-hydrogen) atoms. The molecule has 2 rings (SSSR count). The second-order valence-electron chi connectivity index (χ2n) is 5.29. The molecule has 1 saturated heterocycles. The smallest absolute Gasteiger partial charge is 0.255 e. The monoisotopic (exact) mass is 263 g/mol. The zero-order chi connectivity index (χ0) is 13.8. The average molecular weight is 263 g/mol. The Morgan fingerprint density at radius 1 is 1.63 bits per heavy atom. The fourth-order valence-electron chi connectivity index (χ4n) is 2.34. The molecule has 5 heteroatoms. The van der Waals surface area contributed by atoms with Crippen LogP contribution >= 0.6 is 0 Å². The van der Waals surface area contributed by atoms with Crippen LogP contribution in [-0.2, 0) is 0 Å². The molecule has 0 aliphatic carbocycles. The van der Waals surface area contributed by atoms with Crippen molar-refractivity contribution in [2.45, 2.75) is 25.9 Å². The third-order valence-electron chi connectivity index (χ3n) is 3.63. The molecule has 0 spiro atoms. The Morgan fingerprint density at radius 3 is 3.00 bits per heavy atom. The third kappa shape index (κ3) is 3.11. The van der Waals surface area contributed by atoms with Crippen molar-refractivity contribution >= 4 is 5.91 Å². The number of piperazine rings is 1. The van der Waals surface area contributed by atoms with E-state index >= 15 is 0 Å². The number of amides is 1. The number of aromatic nitrogens is 1. The summed E-state index contributed by atoms with van der Waals surface area (Å²) in [6, 6.07) is 3.62. The number of nitrogens with one attached hydrogen (secondary N) is 1. The summed E-state index contributed by atoms with van der Waals surface area (Å²) in [5.74, 6) is 0.392. The summed E-state index contributed by atoms with van der Waals surface area (Å²) < 4.78 is 0. The Kier molecular flexibility index (Phi) is 4.50. The van der Waals surface area contributed by atoms with Crippen molar-refractivity contribution in [3.8, 4) is 0 Å². The number of hydrogen-bond acceptors (Lipinski definition) is 4. The SMILES string of the molecule is CC(C)C1CN(C(=O)c2cccnc2)C(CO)CN1. The lowest BCUT2D eigenvalue weighted by atomic mass is 9.99. The summed E-state index contributed by atoms with van der Waals surface area (Å²) >= 11 is 0. The largest absolute Gasteiger partial charge is 0.394 e. The standard InChI is InChI=1S/C14H21N3O2/c1-10(2)13-8-17(12(9-18)7-16-13)14(19)11-4-3-5-15-6-11/h3-6,10,12-13,16,18H,7-9H2,1-2H3. The molecular weight excluding hydrogens is 242 g/mol. The maximum atomic E-state index is 12.5. The molecule has 1 fully saturated rings. The van der Waals surface area contributed by atoms with E-state index in [-0.39, 0.29) is 24.6 Å². The van der Waals surface area contributed by atoms with Crippen molar-refractivity contribution in [1.29, 1.82) is 0 Å². The molecule has 1 aromatic rings. The van der Waals surface area contributed by atoms with Crippen molar-refractivity contribution in [2.24, 2.45) is 5.92 Å². The van der Waals surface area contributed by atoms with E-state index in [0.717, 1.165) is 0 Å². The Balaban J connectivity index is 2.16. The first-order chi connectivity index (χ1) is 9.13. The van der Waals surface area contributed by atoms with Crippen LogP contribution in [-0.4, -0.2) is 52.7 Å². The van der Waals surface area contributed by atoms with Crippen LogP contribution in [0.15, 0.2) is 24.5 Å². The Morgan fingerprint density at radius 2 is 2.42 bits per heavy atom. The van der Waals surface area contributed by atoms with Crippen LogP contribution in [0, 0.1) is 5.92 Å². The van der Waals surface area contributed by atoms with E-state index in [4.69, 9.17) is 0 Å². The van der Waals surface area contributed by atoms with Crippen LogP contribution in [0.3, 0.4) is 0 Å². The topological polar surface area (TPSA) is 65.5 Å². The molecule has 104 valence electrons. The lowest BCUT2D eigenvalue weighted by Crippen LogP contribution is -2.60. The zero-order valence-corrected chi connectivity index (χ0v) is 11.4. The van der Waals surface area contributed by atoms with E-state index in [1.807, 2.05) is 0 Å². The highest BCUT2D eigenvalue weighted by molar-refractivity contribution is 5.94. The first-order valence-corrected chi connectivity index (χ1v) is 6.68. The van der Waals surface area contributed by atoms with Gasteiger partial charge in [-0.1, -0.05) is 13.8 Å². The zero-order valence-electron chi connectivity index (χ0n) is 11.4. The number of pyridine rings is 1. The van der Waals surface area contributed by atoms with Gasteiger partial charge in [-0.2, -0.15) is 0 Å². The molecule has 2 heterocycles. The van der Waals surface area contributed by atoms with Crippen molar-refractivity contribution in [3.63, 3.8) is 0 Å². The first-order valence-electron chi connectivity index (χ1n) is 6.68. The van der Waals surface area contributed by atoms with Gasteiger partial charge in [-0.15, -0.1) is 0 Å². The summed E-state index contributed by atoms with van der Waals surface area (Å²) in [6.07, 6.45) is 3.22. The van der Waals surface area contributed by atoms with Crippen molar-refractivity contribution < 1.29 is 9.90 Å². The van der Waals surface area contributed by atoms with Crippen LogP contribution in [0.1, 0.15) is 24.2 Å². The lowest BCUT2D eigenvalue weighted by Gasteiger charge is -2.41. The first kappa shape index (κ1) is 14.0. The Labute approximate surface area is 113 Å². The van der Waals surface area contributed by atoms with Gasteiger partial charge in [0.25, 0.3) is 5.91 Å². The molecule has 0 aromatic carbocycles. The minimum Gasteiger partial charge on any atom is -0.394 e. The third-order valence-corrected chi connectivity index (χ3v) is 3.63. The molecule has 5 nitrogen and oxygen atoms in total. The Hall–Kier alpha value is -1.46. The normalized spacial score (nSPS) is 23.7. The van der Waals surface area contributed by atoms with E-state index < -0.39 is 0 Å². The van der Waals surface area contributed by atoms with Crippen LogP contribution in [0.5, 0.6) is 0 Å². The summed E-state index contributed by atoms with van der Waals surface area (Å²) in [6.45, 7) is 5.49. The fraction of sp³-hybridized carbons (Fsp3) is 0.571. The molecule has 1 amide bonds. The highest BCUT2D eigenvalue weighted by atomic mass is 16.3. The predicted molar refractivity (Wildman–Crippen MR) is 72.8 cm³/mol. The molecule has 1 aliphatic rings. The highest BCUT2D eigenvalue weighted by Gasteiger charge is 2.32. The van der Waals surface area contributed by atoms with Crippen LogP contribution in [0.25, 0.3) is 0 Å². The second kappa shape index (κ2) is 6.12. The molecule has 0 bridgehead atoms. The number of hydrogen-bond donors (Lipinski definition) is 2. The molecular formula is C14H21N3O2. The molecule has 0 saturated carbocycles. The predicted octanol–water partition coefficient (Wildman–Crippen LogP) is 0.513. The quantitative estimate of drug-likeness (QED) is 0.834. The van der Waals surface area contributed by atoms with Crippen LogP contribution in [0.2, 0.25) is 0 Å². The van der Waals surface area contributed by atoms with Gasteiger partial charge in [-0.25, -0.2) is 0 Å². The van der Waals surface area contributed by atoms with Gasteiger partial charge in [0, 0.05) is 31.5 Å². The van der Waals surface area contributed by atoms with Crippen molar-refractivity contribution in [2.75, 3.05) is 19.7 Å². The van der Waals surface area contributed by atoms with Gasteiger partial charge in [0.15, 0.2) is 0 Å². The second-order valence-corrected chi connectivity index (χ2v) is 5.29. The maximum absolute atomic E-state index is 12.5. The highest BCUT2D eigenvalue weighted by Crippen LogP contribution is 2.15. The Bertz CT molecular complexity index is 422. The molecule has 0 radical (unpaired) electrons. The van der Waals surface area contributed by atoms with E-state index in [1.165, 1.54) is 0 Å². The van der Waals surface area contributed by atoms with Crippen LogP contribution in [0.4, 0.5) is 0 Å². The molecule has 2 atom stereocenters. The van der Waals surface area contributed by atoms with Crippen molar-refractivity contribution in [1.82, 2.24) is 15.2 Å². The lowest BCUT2D eigenvalue weighted by molar-refractivity contribution is 0.0434. The number of carbonyl (C=O) groups is 1. The summed E-state index contributed by atoms with van der Waals surface area (Å²) in [4.78, 5) is 18.2. The number of rotatable bonds is 3. The van der Waals surface area contributed by atoms with Gasteiger partial charge in [-0.3, -0.25) is 9.78 Å². The summed E-state index contributed by atoms with van der Waals surface area (Å²) in [5.41, 5.74) is 0.574. The van der Waals surface area contributed by atoms with E-state index in [0.29, 0.717) is 24.6 Å². The average Bonchev–Trinajstić information content (AvgIpc) is 2.46. The maximum Gasteiger partial charge on any atom is 0.255 e. The van der Waals surface area contributed by atoms with Gasteiger partial charge in [0.2, 0.25) is 0 Å². The number of aliphatic hydroxyl groups excluding tert-OH is 1. The van der Waals surface area contributed by atoms with Gasteiger partial charge in [-0.05, 0) is 18.1 Å². The minimum atomic E-state index is -0.164. The van der Waals surface area contributed by atoms with Crippen molar-refractivity contribution in [3.05, 3.63) is 30.1 Å². The van der Waals surface area contributed by atoms with Gasteiger partial charge >= 0.3 is 0 Å². The molecule has 2 unspecified atom stereocenters. The van der Waals surface area contributed by atoms with Gasteiger partial charge in [0.05, 0.1) is 18.2 Å². The van der Waals surface area contributed by atoms with E-state index in [1.54, 1.807) is 29.4 Å². The fourth-order valence-corrected chi connectivity index (χ4v) is 2.34. The number of nitrogens with zero attached hydrogens (tertiary/aromatic N) is 2. The summed E-state index contributed by atoms with van der Waals surface area (Å²) in [7, 11) is 0. The minimum absolute atomic E-state index is 0.0240. The molecule has 1 aliphatic heterocycles. The van der Waals surface area contributed by atoms with Crippen LogP contribution < -0.4 is 5.32 Å². The molecule has 2 N–H and O–H groups in total. The molecule has 1 aromatic heterocycles. The number of carbonyl (C=O) groups excluding carboxylic acids is 1. The van der Waals surface area contributed by atoms with E-state index in [2.05, 4.69) is 24.1 Å². The summed E-state index contributed by atoms with van der Waals surface area (Å²) in [5, 5.41) is 12.8. The number of aliphatic hydroxyl groups is 1. The van der Waals surface area contributed by atoms with Gasteiger partial charge < -0.3 is 15.3 Å². The van der Waals surface area contributed by atoms with E-state index in [9.17, 15) is 9.90 Å². The van der Waals surface area contributed by atoms with Gasteiger partial charge in [0.1, 0.15) is 0 Å².